The lowest BCUT2D eigenvalue weighted by molar-refractivity contribution is -0.138. The molecular weight excluding hydrogens is 466 g/mol. The molecule has 1 fully saturated rings. The Balaban J connectivity index is 1.57. The maximum absolute atomic E-state index is 11.9. The molecule has 0 bridgehead atoms. The molecule has 1 amide bonds. The third kappa shape index (κ3) is 7.53. The van der Waals surface area contributed by atoms with Crippen LogP contribution in [0.2, 0.25) is 0 Å². The summed E-state index contributed by atoms with van der Waals surface area (Å²) in [4.78, 5) is 25.0. The summed E-state index contributed by atoms with van der Waals surface area (Å²) in [6, 6.07) is 5.61. The summed E-state index contributed by atoms with van der Waals surface area (Å²) in [6.45, 7) is 7.46. The van der Waals surface area contributed by atoms with Gasteiger partial charge in [0.05, 0.1) is 17.0 Å². The van der Waals surface area contributed by atoms with E-state index in [0.29, 0.717) is 22.7 Å². The van der Waals surface area contributed by atoms with Gasteiger partial charge < -0.3 is 37.3 Å². The van der Waals surface area contributed by atoms with Crippen molar-refractivity contribution in [3.05, 3.63) is 59.8 Å². The summed E-state index contributed by atoms with van der Waals surface area (Å²) < 4.78 is 0. The summed E-state index contributed by atoms with van der Waals surface area (Å²) >= 11 is 0. The largest absolute Gasteiger partial charge is 0.404 e. The second kappa shape index (κ2) is 12.9. The van der Waals surface area contributed by atoms with Crippen LogP contribution in [0.15, 0.2) is 54.3 Å². The molecule has 0 spiro atoms. The van der Waals surface area contributed by atoms with E-state index in [0.717, 1.165) is 49.3 Å². The van der Waals surface area contributed by atoms with Gasteiger partial charge >= 0.3 is 0 Å². The molecule has 1 aliphatic heterocycles. The number of carbonyl (C=O) groups is 1. The second-order valence-corrected chi connectivity index (χ2v) is 9.75. The van der Waals surface area contributed by atoms with Crippen molar-refractivity contribution >= 4 is 34.5 Å². The van der Waals surface area contributed by atoms with Crippen molar-refractivity contribution in [3.63, 3.8) is 0 Å². The number of likely N-dealkylation sites (tertiary alicyclic amines) is 1. The van der Waals surface area contributed by atoms with Gasteiger partial charge in [0.2, 0.25) is 5.91 Å². The van der Waals surface area contributed by atoms with E-state index >= 15 is 0 Å². The summed E-state index contributed by atoms with van der Waals surface area (Å²) in [7, 11) is 3.61. The third-order valence-electron chi connectivity index (χ3n) is 6.28. The number of nitrogens with one attached hydrogen (secondary N) is 3. The van der Waals surface area contributed by atoms with Crippen LogP contribution >= 0.6 is 0 Å². The molecule has 0 saturated carbocycles. The van der Waals surface area contributed by atoms with Gasteiger partial charge in [0.1, 0.15) is 11.6 Å². The number of amides is 1. The third-order valence-corrected chi connectivity index (χ3v) is 6.28. The molecule has 0 aliphatic carbocycles. The van der Waals surface area contributed by atoms with E-state index in [2.05, 4.69) is 25.5 Å². The van der Waals surface area contributed by atoms with Crippen molar-refractivity contribution in [1.82, 2.24) is 25.1 Å². The molecule has 0 atom stereocenters. The molecule has 1 aliphatic rings. The number of carbonyl (C=O) groups excluding carboxylic acids is 1. The lowest BCUT2D eigenvalue weighted by Crippen LogP contribution is -2.53. The molecule has 0 unspecified atom stereocenters. The van der Waals surface area contributed by atoms with E-state index in [9.17, 15) is 4.79 Å². The minimum atomic E-state index is 0.129. The molecule has 3 heterocycles. The molecule has 7 N–H and O–H groups in total. The summed E-state index contributed by atoms with van der Waals surface area (Å²) in [5.74, 6) is 1.63. The first-order valence-corrected chi connectivity index (χ1v) is 12.5. The molecule has 10 heteroatoms. The minimum Gasteiger partial charge on any atom is -0.404 e. The number of hydrogen-bond acceptors (Lipinski definition) is 9. The van der Waals surface area contributed by atoms with Gasteiger partial charge in [0, 0.05) is 63.5 Å². The van der Waals surface area contributed by atoms with Gasteiger partial charge in [0.15, 0.2) is 0 Å². The Labute approximate surface area is 219 Å². The molecular formula is C27H39N9O. The van der Waals surface area contributed by atoms with E-state index < -0.39 is 0 Å². The zero-order valence-electron chi connectivity index (χ0n) is 22.2. The highest BCUT2D eigenvalue weighted by Crippen LogP contribution is 2.20. The number of nitrogens with zero attached hydrogens (tertiary/aromatic N) is 4. The van der Waals surface area contributed by atoms with E-state index in [1.165, 1.54) is 6.21 Å². The zero-order chi connectivity index (χ0) is 26.9. The van der Waals surface area contributed by atoms with Crippen LogP contribution in [0.5, 0.6) is 0 Å². The van der Waals surface area contributed by atoms with Gasteiger partial charge in [0.25, 0.3) is 0 Å². The van der Waals surface area contributed by atoms with Gasteiger partial charge in [-0.3, -0.25) is 9.78 Å². The van der Waals surface area contributed by atoms with Crippen molar-refractivity contribution in [3.8, 4) is 0 Å². The first-order valence-electron chi connectivity index (χ1n) is 12.5. The standard InChI is InChI=1S/C27H39N9O/c1-18(2)19(12-28)11-25(30)34-26-7-6-23-24(33-26)10-20(15-32-23)21(13-29)14-31-8-5-9-36-16-22(17-36)27(37)35(3)4/h6-7,10-15,18,22,29,31H,5,8-9,16-17,28,30H2,1-4H3,(H,33,34)/b19-12+,21-14+,25-11+,29-13?. The minimum absolute atomic E-state index is 0.129. The van der Waals surface area contributed by atoms with Crippen LogP contribution in [0.4, 0.5) is 5.82 Å². The summed E-state index contributed by atoms with van der Waals surface area (Å²) in [6.07, 6.45) is 9.18. The molecule has 1 saturated heterocycles. The average molecular weight is 506 g/mol. The monoisotopic (exact) mass is 505 g/mol. The Kier molecular flexibility index (Phi) is 9.62. The molecule has 0 radical (unpaired) electrons. The number of rotatable bonds is 12. The fraction of sp³-hybridized carbons (Fsp3) is 0.407. The lowest BCUT2D eigenvalue weighted by Gasteiger charge is -2.39. The Morgan fingerprint density at radius 1 is 1.30 bits per heavy atom. The Morgan fingerprint density at radius 2 is 2.05 bits per heavy atom. The predicted octanol–water partition coefficient (Wildman–Crippen LogP) is 2.33. The zero-order valence-corrected chi connectivity index (χ0v) is 22.2. The number of anilines is 1. The molecule has 198 valence electrons. The number of allylic oxidation sites excluding steroid dienone is 3. The SMILES string of the molecule is CC(C)C(=C/N)/C=C(\N)Nc1ccc2ncc(/C(C=N)=C/NCCCN3CC(C(=O)N(C)C)C3)cc2n1. The van der Waals surface area contributed by atoms with Crippen LogP contribution in [0, 0.1) is 17.2 Å². The highest BCUT2D eigenvalue weighted by molar-refractivity contribution is 6.08. The van der Waals surface area contributed by atoms with Gasteiger partial charge in [-0.15, -0.1) is 0 Å². The van der Waals surface area contributed by atoms with E-state index in [4.69, 9.17) is 16.9 Å². The van der Waals surface area contributed by atoms with Gasteiger partial charge in [-0.05, 0) is 54.9 Å². The van der Waals surface area contributed by atoms with Crippen molar-refractivity contribution in [2.24, 2.45) is 23.3 Å². The van der Waals surface area contributed by atoms with Crippen molar-refractivity contribution in [2.75, 3.05) is 45.6 Å². The molecule has 3 rings (SSSR count). The predicted molar refractivity (Wildman–Crippen MR) is 151 cm³/mol. The van der Waals surface area contributed by atoms with Crippen LogP contribution < -0.4 is 22.1 Å². The maximum atomic E-state index is 11.9. The molecule has 2 aromatic heterocycles. The van der Waals surface area contributed by atoms with E-state index in [1.54, 1.807) is 37.5 Å². The Hall–Kier alpha value is -3.92. The summed E-state index contributed by atoms with van der Waals surface area (Å²) in [5, 5.41) is 14.3. The average Bonchev–Trinajstić information content (AvgIpc) is 2.84. The molecule has 10 nitrogen and oxygen atoms in total. The van der Waals surface area contributed by atoms with E-state index in [-0.39, 0.29) is 17.7 Å². The molecule has 0 aromatic carbocycles. The normalized spacial score (nSPS) is 15.5. The maximum Gasteiger partial charge on any atom is 0.227 e. The Morgan fingerprint density at radius 3 is 2.70 bits per heavy atom. The molecule has 2 aromatic rings. The van der Waals surface area contributed by atoms with Crippen LogP contribution in [-0.4, -0.2) is 72.2 Å². The van der Waals surface area contributed by atoms with Gasteiger partial charge in [-0.2, -0.15) is 0 Å². The van der Waals surface area contributed by atoms with Gasteiger partial charge in [-0.1, -0.05) is 13.8 Å². The lowest BCUT2D eigenvalue weighted by atomic mass is 9.98. The van der Waals surface area contributed by atoms with Crippen LogP contribution in [0.1, 0.15) is 25.8 Å². The highest BCUT2D eigenvalue weighted by Gasteiger charge is 2.32. The smallest absolute Gasteiger partial charge is 0.227 e. The first-order chi connectivity index (χ1) is 17.7. The first kappa shape index (κ1) is 27.7. The van der Waals surface area contributed by atoms with Crippen LogP contribution in [-0.2, 0) is 4.79 Å². The fourth-order valence-corrected chi connectivity index (χ4v) is 4.07. The molecule has 37 heavy (non-hydrogen) atoms. The van der Waals surface area contributed by atoms with Crippen molar-refractivity contribution in [1.29, 1.82) is 5.41 Å². The number of pyridine rings is 2. The summed E-state index contributed by atoms with van der Waals surface area (Å²) in [5.41, 5.74) is 15.7. The van der Waals surface area contributed by atoms with Crippen LogP contribution in [0.25, 0.3) is 16.6 Å². The topological polar surface area (TPSA) is 149 Å². The van der Waals surface area contributed by atoms with E-state index in [1.807, 2.05) is 38.2 Å². The number of hydrogen-bond donors (Lipinski definition) is 5. The highest BCUT2D eigenvalue weighted by atomic mass is 16.2. The fourth-order valence-electron chi connectivity index (χ4n) is 4.07. The van der Waals surface area contributed by atoms with Crippen LogP contribution in [0.3, 0.4) is 0 Å². The Bertz CT molecular complexity index is 1190. The van der Waals surface area contributed by atoms with Crippen molar-refractivity contribution < 1.29 is 4.79 Å². The second-order valence-electron chi connectivity index (χ2n) is 9.75. The van der Waals surface area contributed by atoms with Crippen molar-refractivity contribution in [2.45, 2.75) is 20.3 Å². The number of nitrogens with two attached hydrogens (primary N) is 2. The van der Waals surface area contributed by atoms with Gasteiger partial charge in [-0.25, -0.2) is 4.98 Å². The quantitative estimate of drug-likeness (QED) is 0.168. The number of aromatic nitrogens is 2. The number of fused-ring (bicyclic) bond motifs is 1.